The summed E-state index contributed by atoms with van der Waals surface area (Å²) in [7, 11) is -0.556. The highest BCUT2D eigenvalue weighted by atomic mass is 127. The van der Waals surface area contributed by atoms with E-state index >= 15 is 0 Å². The molecule has 2 aliphatic carbocycles. The van der Waals surface area contributed by atoms with Crippen LogP contribution in [0.2, 0.25) is 0 Å². The van der Waals surface area contributed by atoms with Gasteiger partial charge >= 0.3 is 25.4 Å². The molecule has 7 aliphatic rings. The molecular formula is C66H97BF3IN10O8S. The fourth-order valence-corrected chi connectivity index (χ4v) is 13.2. The lowest BCUT2D eigenvalue weighted by Crippen LogP contribution is -2.41. The van der Waals surface area contributed by atoms with Gasteiger partial charge in [-0.15, -0.1) is 0 Å². The second kappa shape index (κ2) is 30.5. The van der Waals surface area contributed by atoms with Crippen LogP contribution in [0, 0.1) is 29.3 Å². The molecule has 24 heteroatoms. The number of rotatable bonds is 12. The number of halogens is 4. The fraction of sp³-hybridized carbons (Fsp3) is 0.636. The monoisotopic (exact) mass is 1380 g/mol. The summed E-state index contributed by atoms with van der Waals surface area (Å²) in [6, 6.07) is 20.4. The number of urea groups is 2. The molecule has 0 spiro atoms. The molecule has 5 saturated heterocycles. The van der Waals surface area contributed by atoms with Gasteiger partial charge in [0.15, 0.2) is 0 Å². The first-order valence-corrected chi connectivity index (χ1v) is 33.3. The number of carbonyl (C=O) groups excluding carboxylic acids is 2. The molecular weight excluding hydrogens is 1290 g/mol. The fourth-order valence-electron chi connectivity index (χ4n) is 12.6. The average molecular weight is 1390 g/mol. The van der Waals surface area contributed by atoms with Gasteiger partial charge in [0, 0.05) is 85.8 Å². The number of nitrogens with one attached hydrogen (secondary N) is 4. The van der Waals surface area contributed by atoms with Crippen molar-refractivity contribution in [3.05, 3.63) is 75.4 Å². The summed E-state index contributed by atoms with van der Waals surface area (Å²) in [6.07, 6.45) is 4.61. The van der Waals surface area contributed by atoms with E-state index in [9.17, 15) is 33.0 Å². The number of carbonyl (C=O) groups is 2. The number of aryl methyl sites for hydroxylation is 2. The van der Waals surface area contributed by atoms with E-state index in [1.807, 2.05) is 65.5 Å². The zero-order chi connectivity index (χ0) is 63.9. The van der Waals surface area contributed by atoms with Gasteiger partial charge in [-0.3, -0.25) is 0 Å². The van der Waals surface area contributed by atoms with Crippen molar-refractivity contribution in [2.75, 3.05) is 110 Å². The number of aliphatic hydroxyl groups is 2. The van der Waals surface area contributed by atoms with E-state index in [-0.39, 0.29) is 32.1 Å². The zero-order valence-electron chi connectivity index (χ0n) is 54.2. The minimum absolute atomic E-state index is 0. The highest BCUT2D eigenvalue weighted by molar-refractivity contribution is 14.1. The molecule has 4 aromatic rings. The van der Waals surface area contributed by atoms with Crippen molar-refractivity contribution in [1.29, 1.82) is 0 Å². The topological polar surface area (TPSA) is 198 Å². The van der Waals surface area contributed by atoms with Crippen LogP contribution in [0.3, 0.4) is 0 Å². The number of anilines is 6. The van der Waals surface area contributed by atoms with Crippen LogP contribution in [0.15, 0.2) is 60.7 Å². The van der Waals surface area contributed by atoms with Gasteiger partial charge in [-0.05, 0) is 225 Å². The molecule has 6 N–H and O–H groups in total. The van der Waals surface area contributed by atoms with E-state index in [1.54, 1.807) is 12.1 Å². The van der Waals surface area contributed by atoms with Crippen molar-refractivity contribution < 1.29 is 51.8 Å². The molecule has 11 rings (SSSR count). The summed E-state index contributed by atoms with van der Waals surface area (Å²) in [5.41, 5.74) is 4.44. The van der Waals surface area contributed by atoms with E-state index in [2.05, 4.69) is 104 Å². The Morgan fingerprint density at radius 2 is 1.09 bits per heavy atom. The van der Waals surface area contributed by atoms with E-state index in [1.165, 1.54) is 8.47 Å². The first-order valence-electron chi connectivity index (χ1n) is 32.2. The summed E-state index contributed by atoms with van der Waals surface area (Å²) in [5.74, 6) is 3.82. The Balaban J connectivity index is 0.000000180. The SMILES string of the molecule is CC1(O)CCC(Nc2cc(I)cc(N3CCOCC3)n2)CC1.CC[C@@H]1CCN(C(=O)Nc2ccc(C)c(-c3cc(NC4CCC(C)(O)CC4)nc(N4CCOCC4)c3)c2)C1.Cc1ccc(NC(=O)N2CC[C@@H](CC(F)(F)F)C2)cc1B1OC(C)(C)C(C)(C)O1.S. The smallest absolute Gasteiger partial charge is 0.399 e. The third-order valence-electron chi connectivity index (χ3n) is 19.2. The van der Waals surface area contributed by atoms with E-state index < -0.39 is 54.1 Å². The highest BCUT2D eigenvalue weighted by Gasteiger charge is 2.52. The zero-order valence-corrected chi connectivity index (χ0v) is 57.3. The van der Waals surface area contributed by atoms with Crippen LogP contribution in [-0.4, -0.2) is 169 Å². The lowest BCUT2D eigenvalue weighted by Gasteiger charge is -2.34. The van der Waals surface area contributed by atoms with Gasteiger partial charge in [-0.2, -0.15) is 26.7 Å². The van der Waals surface area contributed by atoms with Crippen LogP contribution in [0.25, 0.3) is 11.1 Å². The van der Waals surface area contributed by atoms with Crippen molar-refractivity contribution >= 4 is 95.4 Å². The van der Waals surface area contributed by atoms with Crippen molar-refractivity contribution in [1.82, 2.24) is 19.8 Å². The standard InChI is InChI=1S/C30H43N5O3.C20H28BF3N2O3.C16H24IN3O2.H2S/c1-4-22-9-12-35(20-22)29(36)32-25-6-5-21(2)26(19-25)23-17-27(31-24-7-10-30(3,37)11-8-24)33-28(18-23)34-13-15-38-16-14-34;1-13-6-7-15(10-16(13)21-28-18(2,3)19(4,5)29-21)25-17(27)26-9-8-14(12-26)11-20(22,23)24;1-16(21)4-2-13(3-5-16)18-14-10-12(17)11-15(19-14)20-6-8-22-9-7-20;/h5-6,17-19,22,24,37H,4,7-16,20H2,1-3H3,(H,31,33)(H,32,36);6-7,10,14H,8-9,11-12H2,1-5H3,(H,25,27);10-11,13,21H,2-9H2,1H3,(H,18,19);1H2/t22-,24?,30?;14-;;/m10../s1. The van der Waals surface area contributed by atoms with E-state index in [0.29, 0.717) is 43.8 Å². The number of nitrogens with zero attached hydrogens (tertiary/aromatic N) is 6. The van der Waals surface area contributed by atoms with Crippen molar-refractivity contribution in [3.63, 3.8) is 0 Å². The largest absolute Gasteiger partial charge is 0.495 e. The number of ether oxygens (including phenoxy) is 2. The minimum atomic E-state index is -4.20. The molecule has 0 unspecified atom stereocenters. The summed E-state index contributed by atoms with van der Waals surface area (Å²) in [6.45, 7) is 26.4. The number of benzene rings is 2. The van der Waals surface area contributed by atoms with E-state index in [4.69, 9.17) is 28.8 Å². The lowest BCUT2D eigenvalue weighted by atomic mass is 9.76. The number of likely N-dealkylation sites (tertiary alicyclic amines) is 2. The quantitative estimate of drug-likeness (QED) is 0.0578. The first-order chi connectivity index (χ1) is 42.1. The molecule has 2 aromatic heterocycles. The van der Waals surface area contributed by atoms with Gasteiger partial charge in [0.25, 0.3) is 0 Å². The van der Waals surface area contributed by atoms with Gasteiger partial charge in [-0.1, -0.05) is 31.0 Å². The van der Waals surface area contributed by atoms with Gasteiger partial charge in [0.1, 0.15) is 23.3 Å². The molecule has 7 fully saturated rings. The van der Waals surface area contributed by atoms with Crippen LogP contribution >= 0.6 is 36.1 Å². The molecule has 4 amide bonds. The lowest BCUT2D eigenvalue weighted by molar-refractivity contribution is -0.143. The highest BCUT2D eigenvalue weighted by Crippen LogP contribution is 2.39. The predicted molar refractivity (Wildman–Crippen MR) is 366 cm³/mol. The Morgan fingerprint density at radius 1 is 0.633 bits per heavy atom. The van der Waals surface area contributed by atoms with Crippen molar-refractivity contribution in [2.45, 2.75) is 180 Å². The van der Waals surface area contributed by atoms with Crippen LogP contribution in [0.4, 0.5) is 57.4 Å². The summed E-state index contributed by atoms with van der Waals surface area (Å²) in [4.78, 5) is 43.2. The Kier molecular flexibility index (Phi) is 24.1. The van der Waals surface area contributed by atoms with E-state index in [0.717, 1.165) is 173 Å². The normalized spacial score (nSPS) is 25.7. The van der Waals surface area contributed by atoms with Gasteiger partial charge in [0.2, 0.25) is 0 Å². The Hall–Kier alpha value is -4.83. The maximum absolute atomic E-state index is 12.9. The molecule has 7 heterocycles. The molecule has 2 atom stereocenters. The molecule has 18 nitrogen and oxygen atoms in total. The van der Waals surface area contributed by atoms with Crippen LogP contribution in [-0.2, 0) is 18.8 Å². The molecule has 2 saturated carbocycles. The number of amides is 4. The summed E-state index contributed by atoms with van der Waals surface area (Å²) in [5, 5.41) is 33.6. The second-order valence-electron chi connectivity index (χ2n) is 27.1. The number of pyridine rings is 2. The number of hydrogen-bond acceptors (Lipinski definition) is 14. The predicted octanol–water partition coefficient (Wildman–Crippen LogP) is 12.1. The van der Waals surface area contributed by atoms with Crippen molar-refractivity contribution in [2.24, 2.45) is 11.8 Å². The molecule has 5 aliphatic heterocycles. The number of alkyl halides is 3. The number of aromatic nitrogens is 2. The maximum Gasteiger partial charge on any atom is 0.495 e. The Morgan fingerprint density at radius 3 is 1.58 bits per heavy atom. The molecule has 90 heavy (non-hydrogen) atoms. The molecule has 0 radical (unpaired) electrons. The molecule has 0 bridgehead atoms. The number of morpholine rings is 2. The second-order valence-corrected chi connectivity index (χ2v) is 28.4. The van der Waals surface area contributed by atoms with Crippen molar-refractivity contribution in [3.8, 4) is 11.1 Å². The average Bonchev–Trinajstić information content (AvgIpc) is 1.67. The minimum Gasteiger partial charge on any atom is -0.399 e. The first kappa shape index (κ1) is 71.0. The van der Waals surface area contributed by atoms with Gasteiger partial charge < -0.3 is 69.9 Å². The Labute approximate surface area is 552 Å². The third kappa shape index (κ3) is 19.6. The molecule has 2 aromatic carbocycles. The molecule has 496 valence electrons. The van der Waals surface area contributed by atoms with Gasteiger partial charge in [0.05, 0.1) is 48.8 Å². The Bertz CT molecular complexity index is 3030. The third-order valence-corrected chi connectivity index (χ3v) is 19.8. The van der Waals surface area contributed by atoms with Crippen LogP contribution < -0.4 is 36.5 Å². The maximum atomic E-state index is 12.9. The van der Waals surface area contributed by atoms with Gasteiger partial charge in [-0.25, -0.2) is 19.6 Å². The van der Waals surface area contributed by atoms with Crippen LogP contribution in [0.5, 0.6) is 0 Å². The summed E-state index contributed by atoms with van der Waals surface area (Å²) < 4.78 is 62.1. The number of hydrogen-bond donors (Lipinski definition) is 6. The summed E-state index contributed by atoms with van der Waals surface area (Å²) >= 11 is 2.35. The van der Waals surface area contributed by atoms with Crippen LogP contribution in [0.1, 0.15) is 137 Å².